The van der Waals surface area contributed by atoms with Crippen LogP contribution in [0.5, 0.6) is 0 Å². The van der Waals surface area contributed by atoms with Gasteiger partial charge >= 0.3 is 0 Å². The summed E-state index contributed by atoms with van der Waals surface area (Å²) in [6.45, 7) is 7.25. The molecule has 0 fully saturated rings. The lowest BCUT2D eigenvalue weighted by Crippen LogP contribution is -2.07. The monoisotopic (exact) mass is 238 g/mol. The highest BCUT2D eigenvalue weighted by molar-refractivity contribution is 5.80. The van der Waals surface area contributed by atoms with Crippen LogP contribution in [0.1, 0.15) is 11.1 Å². The molecule has 0 N–H and O–H groups in total. The summed E-state index contributed by atoms with van der Waals surface area (Å²) in [6.07, 6.45) is 9.14. The SMILES string of the molecule is C=C/C=C\c1ccc2occ(CC=C)c(=O)c2c1. The van der Waals surface area contributed by atoms with Crippen LogP contribution in [-0.4, -0.2) is 0 Å². The third kappa shape index (κ3) is 2.33. The van der Waals surface area contributed by atoms with Gasteiger partial charge < -0.3 is 4.42 Å². The van der Waals surface area contributed by atoms with Gasteiger partial charge in [-0.1, -0.05) is 36.9 Å². The molecule has 18 heavy (non-hydrogen) atoms. The maximum Gasteiger partial charge on any atom is 0.196 e. The smallest absolute Gasteiger partial charge is 0.196 e. The Bertz CT molecular complexity index is 675. The minimum atomic E-state index is 0.00463. The van der Waals surface area contributed by atoms with E-state index in [-0.39, 0.29) is 5.43 Å². The Balaban J connectivity index is 2.62. The topological polar surface area (TPSA) is 30.2 Å². The Morgan fingerprint density at radius 2 is 2.11 bits per heavy atom. The second kappa shape index (κ2) is 5.32. The first kappa shape index (κ1) is 12.1. The molecule has 0 saturated carbocycles. The number of hydrogen-bond acceptors (Lipinski definition) is 2. The molecule has 0 aliphatic carbocycles. The number of fused-ring (bicyclic) bond motifs is 1. The van der Waals surface area contributed by atoms with Crippen LogP contribution in [0, 0.1) is 0 Å². The first-order valence-corrected chi connectivity index (χ1v) is 5.70. The quantitative estimate of drug-likeness (QED) is 0.600. The molecule has 90 valence electrons. The third-order valence-electron chi connectivity index (χ3n) is 2.66. The predicted molar refractivity (Wildman–Crippen MR) is 75.6 cm³/mol. The fourth-order valence-electron chi connectivity index (χ4n) is 1.77. The Kier molecular flexibility index (Phi) is 3.58. The molecule has 1 heterocycles. The van der Waals surface area contributed by atoms with Gasteiger partial charge in [0.2, 0.25) is 0 Å². The molecule has 0 radical (unpaired) electrons. The fraction of sp³-hybridized carbons (Fsp3) is 0.0625. The maximum absolute atomic E-state index is 12.2. The van der Waals surface area contributed by atoms with Crippen LogP contribution in [0.25, 0.3) is 17.0 Å². The zero-order chi connectivity index (χ0) is 13.0. The van der Waals surface area contributed by atoms with E-state index in [0.29, 0.717) is 23.0 Å². The highest BCUT2D eigenvalue weighted by Gasteiger charge is 2.05. The van der Waals surface area contributed by atoms with E-state index in [2.05, 4.69) is 13.2 Å². The van der Waals surface area contributed by atoms with Gasteiger partial charge in [-0.05, 0) is 24.1 Å². The highest BCUT2D eigenvalue weighted by atomic mass is 16.3. The Hall–Kier alpha value is -2.35. The molecule has 2 nitrogen and oxygen atoms in total. The summed E-state index contributed by atoms with van der Waals surface area (Å²) in [7, 11) is 0. The first-order valence-electron chi connectivity index (χ1n) is 5.70. The molecule has 1 aromatic carbocycles. The minimum Gasteiger partial charge on any atom is -0.464 e. The van der Waals surface area contributed by atoms with Crippen molar-refractivity contribution >= 4 is 17.0 Å². The van der Waals surface area contributed by atoms with Crippen LogP contribution in [0.4, 0.5) is 0 Å². The number of benzene rings is 1. The van der Waals surface area contributed by atoms with Crippen molar-refractivity contribution in [2.75, 3.05) is 0 Å². The summed E-state index contributed by atoms with van der Waals surface area (Å²) in [5.74, 6) is 0. The van der Waals surface area contributed by atoms with Crippen LogP contribution in [-0.2, 0) is 6.42 Å². The van der Waals surface area contributed by atoms with E-state index in [1.807, 2.05) is 24.3 Å². The van der Waals surface area contributed by atoms with Gasteiger partial charge in [0, 0.05) is 5.56 Å². The van der Waals surface area contributed by atoms with Gasteiger partial charge in [0.1, 0.15) is 5.58 Å². The molecule has 2 aromatic rings. The highest BCUT2D eigenvalue weighted by Crippen LogP contribution is 2.15. The van der Waals surface area contributed by atoms with Crippen molar-refractivity contribution in [3.05, 3.63) is 77.2 Å². The molecule has 0 unspecified atom stereocenters. The van der Waals surface area contributed by atoms with Gasteiger partial charge in [-0.25, -0.2) is 0 Å². The van der Waals surface area contributed by atoms with Crippen LogP contribution < -0.4 is 5.43 Å². The largest absolute Gasteiger partial charge is 0.464 e. The van der Waals surface area contributed by atoms with E-state index < -0.39 is 0 Å². The van der Waals surface area contributed by atoms with E-state index in [1.54, 1.807) is 18.2 Å². The number of allylic oxidation sites excluding steroid dienone is 3. The lowest BCUT2D eigenvalue weighted by atomic mass is 10.1. The number of rotatable bonds is 4. The van der Waals surface area contributed by atoms with Crippen molar-refractivity contribution in [2.45, 2.75) is 6.42 Å². The molecule has 0 amide bonds. The predicted octanol–water partition coefficient (Wildman–Crippen LogP) is 3.72. The summed E-state index contributed by atoms with van der Waals surface area (Å²) >= 11 is 0. The van der Waals surface area contributed by atoms with Crippen molar-refractivity contribution < 1.29 is 4.42 Å². The molecule has 0 spiro atoms. The van der Waals surface area contributed by atoms with Gasteiger partial charge in [-0.3, -0.25) is 4.79 Å². The van der Waals surface area contributed by atoms with E-state index in [9.17, 15) is 4.79 Å². The second-order valence-electron chi connectivity index (χ2n) is 3.93. The Labute approximate surface area is 106 Å². The molecule has 0 atom stereocenters. The average Bonchev–Trinajstić information content (AvgIpc) is 2.40. The summed E-state index contributed by atoms with van der Waals surface area (Å²) in [4.78, 5) is 12.2. The molecule has 0 bridgehead atoms. The standard InChI is InChI=1S/C16H14O2/c1-3-5-7-12-8-9-15-14(10-12)16(17)13(6-4-2)11-18-15/h3-5,7-11H,1-2,6H2/b7-5-. The molecule has 2 heteroatoms. The zero-order valence-electron chi connectivity index (χ0n) is 10.1. The van der Waals surface area contributed by atoms with Gasteiger partial charge in [0.25, 0.3) is 0 Å². The third-order valence-corrected chi connectivity index (χ3v) is 2.66. The van der Waals surface area contributed by atoms with Crippen LogP contribution in [0.2, 0.25) is 0 Å². The molecule has 2 rings (SSSR count). The molecule has 0 aliphatic rings. The molecule has 1 aromatic heterocycles. The van der Waals surface area contributed by atoms with Crippen molar-refractivity contribution in [1.29, 1.82) is 0 Å². The first-order chi connectivity index (χ1) is 8.76. The van der Waals surface area contributed by atoms with E-state index in [1.165, 1.54) is 6.26 Å². The van der Waals surface area contributed by atoms with Gasteiger partial charge in [-0.15, -0.1) is 6.58 Å². The van der Waals surface area contributed by atoms with Crippen LogP contribution in [0.15, 0.2) is 65.1 Å². The lowest BCUT2D eigenvalue weighted by Gasteiger charge is -2.01. The maximum atomic E-state index is 12.2. The Morgan fingerprint density at radius 3 is 2.83 bits per heavy atom. The molecular formula is C16H14O2. The van der Waals surface area contributed by atoms with Crippen molar-refractivity contribution in [3.63, 3.8) is 0 Å². The normalized spacial score (nSPS) is 10.9. The minimum absolute atomic E-state index is 0.00463. The fourth-order valence-corrected chi connectivity index (χ4v) is 1.77. The van der Waals surface area contributed by atoms with Crippen molar-refractivity contribution in [3.8, 4) is 0 Å². The molecular weight excluding hydrogens is 224 g/mol. The van der Waals surface area contributed by atoms with E-state index >= 15 is 0 Å². The summed E-state index contributed by atoms with van der Waals surface area (Å²) < 4.78 is 5.44. The molecule has 0 aliphatic heterocycles. The van der Waals surface area contributed by atoms with Crippen molar-refractivity contribution in [1.82, 2.24) is 0 Å². The Morgan fingerprint density at radius 1 is 1.28 bits per heavy atom. The number of hydrogen-bond donors (Lipinski definition) is 0. The van der Waals surface area contributed by atoms with Crippen LogP contribution in [0.3, 0.4) is 0 Å². The average molecular weight is 238 g/mol. The van der Waals surface area contributed by atoms with Crippen LogP contribution >= 0.6 is 0 Å². The van der Waals surface area contributed by atoms with E-state index in [4.69, 9.17) is 4.42 Å². The second-order valence-corrected chi connectivity index (χ2v) is 3.93. The van der Waals surface area contributed by atoms with Gasteiger partial charge in [0.05, 0.1) is 11.6 Å². The van der Waals surface area contributed by atoms with Gasteiger partial charge in [0.15, 0.2) is 5.43 Å². The van der Waals surface area contributed by atoms with Crippen molar-refractivity contribution in [2.24, 2.45) is 0 Å². The summed E-state index contributed by atoms with van der Waals surface area (Å²) in [5, 5.41) is 0.598. The van der Waals surface area contributed by atoms with Gasteiger partial charge in [-0.2, -0.15) is 0 Å². The summed E-state index contributed by atoms with van der Waals surface area (Å²) in [6, 6.07) is 5.53. The zero-order valence-corrected chi connectivity index (χ0v) is 10.1. The van der Waals surface area contributed by atoms with E-state index in [0.717, 1.165) is 5.56 Å². The summed E-state index contributed by atoms with van der Waals surface area (Å²) in [5.41, 5.74) is 2.18. The lowest BCUT2D eigenvalue weighted by molar-refractivity contribution is 0.595. The molecule has 0 saturated heterocycles.